The van der Waals surface area contributed by atoms with Gasteiger partial charge in [-0.25, -0.2) is 10.3 Å². The van der Waals surface area contributed by atoms with Crippen LogP contribution in [0.5, 0.6) is 5.75 Å². The molecule has 0 bridgehead atoms. The van der Waals surface area contributed by atoms with Crippen molar-refractivity contribution in [3.05, 3.63) is 71.8 Å². The van der Waals surface area contributed by atoms with Crippen molar-refractivity contribution in [2.45, 2.75) is 32.0 Å². The largest absolute Gasteiger partial charge is 0.491 e. The normalized spacial score (nSPS) is 12.6. The molecule has 0 saturated heterocycles. The van der Waals surface area contributed by atoms with Gasteiger partial charge in [0, 0.05) is 24.4 Å². The summed E-state index contributed by atoms with van der Waals surface area (Å²) in [5.74, 6) is -0.258. The molecule has 10 nitrogen and oxygen atoms in total. The fraction of sp³-hybridized carbons (Fsp3) is 0.320. The molecule has 0 aromatic heterocycles. The molecule has 0 unspecified atom stereocenters. The predicted octanol–water partition coefficient (Wildman–Crippen LogP) is 3.41. The molecule has 0 spiro atoms. The van der Waals surface area contributed by atoms with Crippen molar-refractivity contribution in [1.82, 2.24) is 5.48 Å². The third-order valence-corrected chi connectivity index (χ3v) is 4.96. The zero-order chi connectivity index (χ0) is 25.6. The lowest BCUT2D eigenvalue weighted by Gasteiger charge is -2.26. The molecule has 0 heterocycles. The first-order valence-electron chi connectivity index (χ1n) is 10.9. The van der Waals surface area contributed by atoms with Crippen LogP contribution >= 0.6 is 0 Å². The van der Waals surface area contributed by atoms with E-state index in [0.29, 0.717) is 35.4 Å². The average molecular weight is 487 g/mol. The van der Waals surface area contributed by atoms with E-state index in [1.807, 2.05) is 0 Å². The molecular formula is C25H30N2O8. The molecule has 0 aliphatic heterocycles. The Morgan fingerprint density at radius 1 is 1.11 bits per heavy atom. The molecule has 2 atom stereocenters. The number of carbonyl (C=O) groups is 3. The van der Waals surface area contributed by atoms with E-state index in [-0.39, 0.29) is 19.0 Å². The smallest absolute Gasteiger partial charge is 0.412 e. The summed E-state index contributed by atoms with van der Waals surface area (Å²) in [6.07, 6.45) is 1.38. The second kappa shape index (κ2) is 14.5. The zero-order valence-corrected chi connectivity index (χ0v) is 19.6. The summed E-state index contributed by atoms with van der Waals surface area (Å²) in [7, 11) is 1.48. The second-order valence-corrected chi connectivity index (χ2v) is 7.46. The fourth-order valence-electron chi connectivity index (χ4n) is 3.24. The lowest BCUT2D eigenvalue weighted by Crippen LogP contribution is -2.28. The number of ketones is 1. The number of nitrogens with one attached hydrogen (secondary N) is 2. The second-order valence-electron chi connectivity index (χ2n) is 7.46. The number of ether oxygens (including phenoxy) is 3. The molecule has 2 aromatic rings. The van der Waals surface area contributed by atoms with Gasteiger partial charge in [-0.05, 0) is 61.7 Å². The maximum Gasteiger partial charge on any atom is 0.412 e. The van der Waals surface area contributed by atoms with Crippen LogP contribution in [0.25, 0.3) is 0 Å². The van der Waals surface area contributed by atoms with E-state index >= 15 is 0 Å². The van der Waals surface area contributed by atoms with Crippen LogP contribution < -0.4 is 15.5 Å². The summed E-state index contributed by atoms with van der Waals surface area (Å²) in [6, 6.07) is 13.3. The minimum atomic E-state index is -0.839. The fourth-order valence-corrected chi connectivity index (χ4v) is 3.24. The molecule has 0 aliphatic rings. The maximum absolute atomic E-state index is 12.7. The topological polar surface area (TPSA) is 143 Å². The molecule has 2 rings (SSSR count). The van der Waals surface area contributed by atoms with Gasteiger partial charge < -0.3 is 19.3 Å². The molecule has 2 aromatic carbocycles. The Balaban J connectivity index is 2.21. The molecule has 0 saturated carbocycles. The van der Waals surface area contributed by atoms with Crippen molar-refractivity contribution < 1.29 is 38.9 Å². The van der Waals surface area contributed by atoms with Crippen molar-refractivity contribution in [3.8, 4) is 5.75 Å². The van der Waals surface area contributed by atoms with E-state index in [2.05, 4.69) is 5.32 Å². The number of methoxy groups -OCH3 is 1. The first kappa shape index (κ1) is 27.5. The van der Waals surface area contributed by atoms with Crippen LogP contribution in [0.1, 0.15) is 41.8 Å². The molecule has 10 heteroatoms. The Morgan fingerprint density at radius 3 is 2.49 bits per heavy atom. The number of allylic oxidation sites excluding steroid dienone is 1. The number of rotatable bonds is 13. The quantitative estimate of drug-likeness (QED) is 0.146. The monoisotopic (exact) mass is 486 g/mol. The Labute approximate surface area is 203 Å². The summed E-state index contributed by atoms with van der Waals surface area (Å²) >= 11 is 0. The minimum Gasteiger partial charge on any atom is -0.491 e. The number of carbonyl (C=O) groups excluding carboxylic acids is 3. The Kier molecular flexibility index (Phi) is 11.4. The first-order chi connectivity index (χ1) is 16.9. The third-order valence-electron chi connectivity index (χ3n) is 4.96. The molecule has 188 valence electrons. The first-order valence-corrected chi connectivity index (χ1v) is 10.9. The van der Waals surface area contributed by atoms with E-state index in [0.717, 1.165) is 0 Å². The molecule has 2 amide bonds. The summed E-state index contributed by atoms with van der Waals surface area (Å²) in [6.45, 7) is 1.41. The van der Waals surface area contributed by atoms with E-state index in [4.69, 9.17) is 24.5 Å². The SMILES string of the molecule is CO[C@@H](CC/C=C/C(=O)NO)[C@@H](OC(=O)Nc1ccc(C(C)=O)cc1)c1cccc(OCCO)c1. The van der Waals surface area contributed by atoms with Gasteiger partial charge in [0.1, 0.15) is 12.4 Å². The van der Waals surface area contributed by atoms with Gasteiger partial charge in [-0.2, -0.15) is 0 Å². The highest BCUT2D eigenvalue weighted by atomic mass is 16.6. The van der Waals surface area contributed by atoms with Crippen molar-refractivity contribution in [2.24, 2.45) is 0 Å². The number of aliphatic hydroxyl groups excluding tert-OH is 1. The van der Waals surface area contributed by atoms with Gasteiger partial charge in [-0.15, -0.1) is 0 Å². The van der Waals surface area contributed by atoms with Gasteiger partial charge in [0.2, 0.25) is 0 Å². The lowest BCUT2D eigenvalue weighted by atomic mass is 10.00. The Hall–Kier alpha value is -3.73. The average Bonchev–Trinajstić information content (AvgIpc) is 2.86. The highest BCUT2D eigenvalue weighted by molar-refractivity contribution is 5.95. The van der Waals surface area contributed by atoms with Crippen LogP contribution in [0.2, 0.25) is 0 Å². The highest BCUT2D eigenvalue weighted by Crippen LogP contribution is 2.29. The van der Waals surface area contributed by atoms with Crippen molar-refractivity contribution in [3.63, 3.8) is 0 Å². The highest BCUT2D eigenvalue weighted by Gasteiger charge is 2.27. The number of amides is 2. The van der Waals surface area contributed by atoms with Gasteiger partial charge in [0.25, 0.3) is 5.91 Å². The summed E-state index contributed by atoms with van der Waals surface area (Å²) in [5.41, 5.74) is 3.08. The van der Waals surface area contributed by atoms with Crippen molar-refractivity contribution in [2.75, 3.05) is 25.6 Å². The Morgan fingerprint density at radius 2 is 1.86 bits per heavy atom. The zero-order valence-electron chi connectivity index (χ0n) is 19.6. The van der Waals surface area contributed by atoms with E-state index in [1.165, 1.54) is 25.6 Å². The molecule has 0 fully saturated rings. The summed E-state index contributed by atoms with van der Waals surface area (Å²) < 4.78 is 16.8. The predicted molar refractivity (Wildman–Crippen MR) is 127 cm³/mol. The van der Waals surface area contributed by atoms with Crippen LogP contribution in [0.3, 0.4) is 0 Å². The molecule has 35 heavy (non-hydrogen) atoms. The van der Waals surface area contributed by atoms with E-state index in [1.54, 1.807) is 54.6 Å². The van der Waals surface area contributed by atoms with Crippen LogP contribution in [-0.4, -0.2) is 54.5 Å². The minimum absolute atomic E-state index is 0.0871. The van der Waals surface area contributed by atoms with Crippen LogP contribution in [0.15, 0.2) is 60.7 Å². The number of Topliss-reactive ketones (excluding diaryl/α,β-unsaturated/α-hetero) is 1. The third kappa shape index (κ3) is 9.20. The van der Waals surface area contributed by atoms with Gasteiger partial charge >= 0.3 is 6.09 Å². The number of anilines is 1. The number of hydroxylamine groups is 1. The van der Waals surface area contributed by atoms with Gasteiger partial charge in [0.15, 0.2) is 11.9 Å². The van der Waals surface area contributed by atoms with Gasteiger partial charge in [-0.3, -0.25) is 20.1 Å². The lowest BCUT2D eigenvalue weighted by molar-refractivity contribution is -0.124. The summed E-state index contributed by atoms with van der Waals surface area (Å²) in [5, 5.41) is 20.3. The molecular weight excluding hydrogens is 456 g/mol. The number of hydrogen-bond acceptors (Lipinski definition) is 8. The summed E-state index contributed by atoms with van der Waals surface area (Å²) in [4.78, 5) is 35.4. The molecule has 4 N–H and O–H groups in total. The van der Waals surface area contributed by atoms with Crippen LogP contribution in [0, 0.1) is 0 Å². The van der Waals surface area contributed by atoms with Gasteiger partial charge in [-0.1, -0.05) is 18.2 Å². The number of aliphatic hydroxyl groups is 1. The van der Waals surface area contributed by atoms with E-state index in [9.17, 15) is 14.4 Å². The van der Waals surface area contributed by atoms with Crippen LogP contribution in [-0.2, 0) is 14.3 Å². The van der Waals surface area contributed by atoms with Crippen LogP contribution in [0.4, 0.5) is 10.5 Å². The maximum atomic E-state index is 12.7. The Bertz CT molecular complexity index is 1010. The van der Waals surface area contributed by atoms with Crippen molar-refractivity contribution in [1.29, 1.82) is 0 Å². The van der Waals surface area contributed by atoms with Crippen molar-refractivity contribution >= 4 is 23.5 Å². The number of hydrogen-bond donors (Lipinski definition) is 4. The molecule has 0 aliphatic carbocycles. The van der Waals surface area contributed by atoms with E-state index < -0.39 is 24.2 Å². The molecule has 0 radical (unpaired) electrons. The van der Waals surface area contributed by atoms with Gasteiger partial charge in [0.05, 0.1) is 12.7 Å². The standard InChI is InChI=1S/C25H30N2O8/c1-17(29)18-10-12-20(13-11-18)26-25(31)35-24(19-6-5-7-21(16-19)34-15-14-28)22(33-2)8-3-4-9-23(30)27-32/h4-7,9-13,16,22,24,28,32H,3,8,14-15H2,1-2H3,(H,26,31)(H,27,30)/b9-4+/t22-,24-/m0/s1. The number of benzene rings is 2.